The first kappa shape index (κ1) is 14.6. The average Bonchev–Trinajstić information content (AvgIpc) is 2.49. The van der Waals surface area contributed by atoms with Crippen LogP contribution in [0.4, 0.5) is 0 Å². The maximum Gasteiger partial charge on any atom is 0.244 e. The molecule has 0 radical (unpaired) electrons. The molecule has 0 fully saturated rings. The van der Waals surface area contributed by atoms with Crippen LogP contribution in [-0.4, -0.2) is 36.0 Å². The Kier molecular flexibility index (Phi) is 4.84. The minimum Gasteiger partial charge on any atom is -0.395 e. The van der Waals surface area contributed by atoms with Crippen LogP contribution in [0.3, 0.4) is 0 Å². The molecule has 2 aromatic rings. The summed E-state index contributed by atoms with van der Waals surface area (Å²) in [6, 6.07) is 12.3. The maximum absolute atomic E-state index is 12.5. The van der Waals surface area contributed by atoms with Crippen LogP contribution in [0.15, 0.2) is 59.8 Å². The predicted molar refractivity (Wildman–Crippen MR) is 75.4 cm³/mol. The largest absolute Gasteiger partial charge is 0.395 e. The lowest BCUT2D eigenvalue weighted by atomic mass is 10.2. The molecule has 0 aliphatic heterocycles. The third-order valence-corrected chi connectivity index (χ3v) is 4.65. The van der Waals surface area contributed by atoms with E-state index in [4.69, 9.17) is 5.11 Å². The zero-order valence-electron chi connectivity index (χ0n) is 10.9. The van der Waals surface area contributed by atoms with Gasteiger partial charge in [0.25, 0.3) is 0 Å². The van der Waals surface area contributed by atoms with Gasteiger partial charge in [-0.1, -0.05) is 30.3 Å². The molecule has 0 spiro atoms. The van der Waals surface area contributed by atoms with Crippen LogP contribution in [0.25, 0.3) is 0 Å². The van der Waals surface area contributed by atoms with E-state index in [1.807, 2.05) is 30.3 Å². The highest BCUT2D eigenvalue weighted by Gasteiger charge is 2.24. The van der Waals surface area contributed by atoms with Crippen LogP contribution in [0.2, 0.25) is 0 Å². The second kappa shape index (κ2) is 6.60. The van der Waals surface area contributed by atoms with Crippen LogP contribution in [0.1, 0.15) is 5.56 Å². The smallest absolute Gasteiger partial charge is 0.244 e. The van der Waals surface area contributed by atoms with Crippen LogP contribution in [-0.2, 0) is 16.6 Å². The third kappa shape index (κ3) is 3.41. The van der Waals surface area contributed by atoms with Gasteiger partial charge in [0.1, 0.15) is 4.90 Å². The molecule has 1 aromatic heterocycles. The molecule has 5 nitrogen and oxygen atoms in total. The van der Waals surface area contributed by atoms with Crippen molar-refractivity contribution in [3.63, 3.8) is 0 Å². The number of rotatable bonds is 6. The van der Waals surface area contributed by atoms with E-state index in [9.17, 15) is 8.42 Å². The molecule has 1 heterocycles. The fourth-order valence-corrected chi connectivity index (χ4v) is 3.22. The zero-order valence-corrected chi connectivity index (χ0v) is 11.7. The van der Waals surface area contributed by atoms with Gasteiger partial charge < -0.3 is 5.11 Å². The lowest BCUT2D eigenvalue weighted by Crippen LogP contribution is -2.33. The van der Waals surface area contributed by atoms with Crippen LogP contribution in [0, 0.1) is 0 Å². The summed E-state index contributed by atoms with van der Waals surface area (Å²) >= 11 is 0. The quantitative estimate of drug-likeness (QED) is 0.870. The van der Waals surface area contributed by atoms with Gasteiger partial charge in [-0.3, -0.25) is 4.98 Å². The van der Waals surface area contributed by atoms with Crippen molar-refractivity contribution in [1.29, 1.82) is 0 Å². The average molecular weight is 292 g/mol. The Morgan fingerprint density at radius 1 is 1.10 bits per heavy atom. The van der Waals surface area contributed by atoms with Crippen molar-refractivity contribution in [1.82, 2.24) is 9.29 Å². The standard InChI is InChI=1S/C14H16N2O3S/c17-10-9-16(12-13-5-2-1-3-6-13)20(18,19)14-7-4-8-15-11-14/h1-8,11,17H,9-10,12H2. The van der Waals surface area contributed by atoms with E-state index < -0.39 is 10.0 Å². The monoisotopic (exact) mass is 292 g/mol. The molecule has 0 unspecified atom stereocenters. The summed E-state index contributed by atoms with van der Waals surface area (Å²) in [5, 5.41) is 9.10. The number of pyridine rings is 1. The van der Waals surface area contributed by atoms with E-state index in [2.05, 4.69) is 4.98 Å². The molecular weight excluding hydrogens is 276 g/mol. The lowest BCUT2D eigenvalue weighted by molar-refractivity contribution is 0.251. The molecule has 0 saturated carbocycles. The molecule has 1 N–H and O–H groups in total. The first-order valence-corrected chi connectivity index (χ1v) is 7.63. The van der Waals surface area contributed by atoms with Crippen LogP contribution < -0.4 is 0 Å². The Hall–Kier alpha value is -1.76. The van der Waals surface area contributed by atoms with Gasteiger partial charge in [-0.25, -0.2) is 8.42 Å². The Morgan fingerprint density at radius 2 is 1.85 bits per heavy atom. The molecule has 0 amide bonds. The minimum absolute atomic E-state index is 0.0477. The normalized spacial score (nSPS) is 11.7. The number of benzene rings is 1. The number of aliphatic hydroxyl groups is 1. The summed E-state index contributed by atoms with van der Waals surface area (Å²) < 4.78 is 26.3. The predicted octanol–water partition coefficient (Wildman–Crippen LogP) is 1.26. The summed E-state index contributed by atoms with van der Waals surface area (Å²) in [5.74, 6) is 0. The highest BCUT2D eigenvalue weighted by atomic mass is 32.2. The fraction of sp³-hybridized carbons (Fsp3) is 0.214. The minimum atomic E-state index is -3.65. The van der Waals surface area contributed by atoms with E-state index in [0.29, 0.717) is 0 Å². The van der Waals surface area contributed by atoms with Gasteiger partial charge in [0.15, 0.2) is 0 Å². The van der Waals surface area contributed by atoms with Crippen molar-refractivity contribution < 1.29 is 13.5 Å². The van der Waals surface area contributed by atoms with Crippen molar-refractivity contribution in [2.24, 2.45) is 0 Å². The van der Waals surface area contributed by atoms with E-state index in [1.54, 1.807) is 6.07 Å². The number of aromatic nitrogens is 1. The summed E-state index contributed by atoms with van der Waals surface area (Å²) in [7, 11) is -3.65. The van der Waals surface area contributed by atoms with Gasteiger partial charge in [-0.05, 0) is 17.7 Å². The van der Waals surface area contributed by atoms with Crippen LogP contribution >= 0.6 is 0 Å². The van der Waals surface area contributed by atoms with Gasteiger partial charge in [0.2, 0.25) is 10.0 Å². The third-order valence-electron chi connectivity index (χ3n) is 2.82. The molecule has 6 heteroatoms. The topological polar surface area (TPSA) is 70.5 Å². The number of nitrogens with zero attached hydrogens (tertiary/aromatic N) is 2. The van der Waals surface area contributed by atoms with E-state index in [0.717, 1.165) is 5.56 Å². The molecule has 106 valence electrons. The molecule has 0 atom stereocenters. The number of aliphatic hydroxyl groups excluding tert-OH is 1. The number of sulfonamides is 1. The Balaban J connectivity index is 2.29. The van der Waals surface area contributed by atoms with Crippen molar-refractivity contribution in [3.8, 4) is 0 Å². The molecule has 20 heavy (non-hydrogen) atoms. The van der Waals surface area contributed by atoms with E-state index in [1.165, 1.54) is 22.8 Å². The van der Waals surface area contributed by atoms with Crippen molar-refractivity contribution in [3.05, 3.63) is 60.4 Å². The first-order valence-electron chi connectivity index (χ1n) is 6.19. The van der Waals surface area contributed by atoms with Gasteiger partial charge >= 0.3 is 0 Å². The Labute approximate surface area is 118 Å². The Morgan fingerprint density at radius 3 is 2.45 bits per heavy atom. The number of hydrogen-bond donors (Lipinski definition) is 1. The summed E-state index contributed by atoms with van der Waals surface area (Å²) in [6.45, 7) is 0.0388. The highest BCUT2D eigenvalue weighted by molar-refractivity contribution is 7.89. The Bertz CT molecular complexity index is 630. The summed E-state index contributed by atoms with van der Waals surface area (Å²) in [4.78, 5) is 3.96. The second-order valence-electron chi connectivity index (χ2n) is 4.24. The van der Waals surface area contributed by atoms with E-state index >= 15 is 0 Å². The second-order valence-corrected chi connectivity index (χ2v) is 6.17. The molecule has 0 bridgehead atoms. The molecular formula is C14H16N2O3S. The van der Waals surface area contributed by atoms with Gasteiger partial charge in [0, 0.05) is 25.5 Å². The van der Waals surface area contributed by atoms with E-state index in [-0.39, 0.29) is 24.6 Å². The SMILES string of the molecule is O=S(=O)(c1cccnc1)N(CCO)Cc1ccccc1. The van der Waals surface area contributed by atoms with Crippen LogP contribution in [0.5, 0.6) is 0 Å². The fourth-order valence-electron chi connectivity index (χ4n) is 1.83. The van der Waals surface area contributed by atoms with Gasteiger partial charge in [-0.2, -0.15) is 4.31 Å². The maximum atomic E-state index is 12.5. The summed E-state index contributed by atoms with van der Waals surface area (Å²) in [5.41, 5.74) is 0.869. The molecule has 0 aliphatic rings. The molecule has 0 saturated heterocycles. The van der Waals surface area contributed by atoms with Gasteiger partial charge in [0.05, 0.1) is 6.61 Å². The summed E-state index contributed by atoms with van der Waals surface area (Å²) in [6.07, 6.45) is 2.83. The highest BCUT2D eigenvalue weighted by Crippen LogP contribution is 2.16. The zero-order chi connectivity index (χ0) is 14.4. The lowest BCUT2D eigenvalue weighted by Gasteiger charge is -2.21. The molecule has 0 aliphatic carbocycles. The van der Waals surface area contributed by atoms with Crippen molar-refractivity contribution >= 4 is 10.0 Å². The van der Waals surface area contributed by atoms with Gasteiger partial charge in [-0.15, -0.1) is 0 Å². The molecule has 1 aromatic carbocycles. The van der Waals surface area contributed by atoms with Crippen molar-refractivity contribution in [2.75, 3.05) is 13.2 Å². The number of hydrogen-bond acceptors (Lipinski definition) is 4. The molecule has 2 rings (SSSR count). The van der Waals surface area contributed by atoms with Crippen molar-refractivity contribution in [2.45, 2.75) is 11.4 Å². The first-order chi connectivity index (χ1) is 9.64.